The predicted molar refractivity (Wildman–Crippen MR) is 75.4 cm³/mol. The maximum absolute atomic E-state index is 4.29. The second-order valence-electron chi connectivity index (χ2n) is 6.12. The molecule has 0 aliphatic heterocycles. The van der Waals surface area contributed by atoms with Crippen LogP contribution in [0, 0.1) is 18.8 Å². The van der Waals surface area contributed by atoms with Crippen LogP contribution in [0.25, 0.3) is 0 Å². The number of aryl methyl sites for hydroxylation is 1. The lowest BCUT2D eigenvalue weighted by Crippen LogP contribution is -2.33. The first-order valence-electron chi connectivity index (χ1n) is 7.28. The van der Waals surface area contributed by atoms with Gasteiger partial charge in [-0.25, -0.2) is 0 Å². The summed E-state index contributed by atoms with van der Waals surface area (Å²) in [5, 5.41) is 7.99. The molecule has 1 aromatic rings. The lowest BCUT2D eigenvalue weighted by Gasteiger charge is -2.31. The first kappa shape index (κ1) is 13.6. The SMILES string of the molecule is Cc1c(CNC2CCC(C(C)C)CC2)cnn1C. The lowest BCUT2D eigenvalue weighted by atomic mass is 9.80. The summed E-state index contributed by atoms with van der Waals surface area (Å²) in [6.45, 7) is 7.82. The van der Waals surface area contributed by atoms with E-state index in [0.29, 0.717) is 6.04 Å². The van der Waals surface area contributed by atoms with Gasteiger partial charge in [0.25, 0.3) is 0 Å². The van der Waals surface area contributed by atoms with Gasteiger partial charge in [0.1, 0.15) is 0 Å². The zero-order valence-electron chi connectivity index (χ0n) is 12.2. The van der Waals surface area contributed by atoms with Crippen LogP contribution in [0.4, 0.5) is 0 Å². The fourth-order valence-corrected chi connectivity index (χ4v) is 2.96. The van der Waals surface area contributed by atoms with Crippen LogP contribution >= 0.6 is 0 Å². The topological polar surface area (TPSA) is 29.9 Å². The predicted octanol–water partition coefficient (Wildman–Crippen LogP) is 3.03. The average molecular weight is 249 g/mol. The first-order chi connectivity index (χ1) is 8.58. The standard InChI is InChI=1S/C15H27N3/c1-11(2)13-5-7-15(8-6-13)16-9-14-10-17-18(4)12(14)3/h10-11,13,15-16H,5-9H2,1-4H3. The van der Waals surface area contributed by atoms with E-state index in [9.17, 15) is 0 Å². The van der Waals surface area contributed by atoms with Gasteiger partial charge in [-0.2, -0.15) is 5.10 Å². The van der Waals surface area contributed by atoms with Gasteiger partial charge in [0.05, 0.1) is 6.20 Å². The third kappa shape index (κ3) is 3.14. The van der Waals surface area contributed by atoms with Crippen LogP contribution in [-0.4, -0.2) is 15.8 Å². The van der Waals surface area contributed by atoms with Gasteiger partial charge in [-0.3, -0.25) is 4.68 Å². The molecule has 18 heavy (non-hydrogen) atoms. The molecule has 0 aromatic carbocycles. The van der Waals surface area contributed by atoms with Crippen molar-refractivity contribution in [1.29, 1.82) is 0 Å². The number of rotatable bonds is 4. The molecule has 3 nitrogen and oxygen atoms in total. The lowest BCUT2D eigenvalue weighted by molar-refractivity contribution is 0.238. The Kier molecular flexibility index (Phi) is 4.44. The Balaban J connectivity index is 1.77. The van der Waals surface area contributed by atoms with Crippen LogP contribution in [-0.2, 0) is 13.6 Å². The van der Waals surface area contributed by atoms with Crippen LogP contribution in [0.3, 0.4) is 0 Å². The highest BCUT2D eigenvalue weighted by molar-refractivity contribution is 5.15. The highest BCUT2D eigenvalue weighted by Gasteiger charge is 2.22. The van der Waals surface area contributed by atoms with Gasteiger partial charge in [-0.05, 0) is 44.4 Å². The highest BCUT2D eigenvalue weighted by Crippen LogP contribution is 2.29. The summed E-state index contributed by atoms with van der Waals surface area (Å²) in [6, 6.07) is 0.708. The fraction of sp³-hybridized carbons (Fsp3) is 0.800. The molecule has 3 heteroatoms. The molecule has 1 N–H and O–H groups in total. The van der Waals surface area contributed by atoms with Crippen molar-refractivity contribution in [3.05, 3.63) is 17.5 Å². The first-order valence-corrected chi connectivity index (χ1v) is 7.28. The molecule has 0 bridgehead atoms. The molecular weight excluding hydrogens is 222 g/mol. The molecule has 0 spiro atoms. The second kappa shape index (κ2) is 5.87. The second-order valence-corrected chi connectivity index (χ2v) is 6.12. The quantitative estimate of drug-likeness (QED) is 0.889. The molecule has 0 saturated heterocycles. The van der Waals surface area contributed by atoms with Crippen molar-refractivity contribution in [2.24, 2.45) is 18.9 Å². The zero-order valence-corrected chi connectivity index (χ0v) is 12.2. The number of aromatic nitrogens is 2. The van der Waals surface area contributed by atoms with Gasteiger partial charge in [0, 0.05) is 30.9 Å². The van der Waals surface area contributed by atoms with Crippen LogP contribution < -0.4 is 5.32 Å². The minimum atomic E-state index is 0.708. The molecule has 0 atom stereocenters. The van der Waals surface area contributed by atoms with E-state index in [0.717, 1.165) is 18.4 Å². The number of hydrogen-bond acceptors (Lipinski definition) is 2. The average Bonchev–Trinajstić information content (AvgIpc) is 2.68. The van der Waals surface area contributed by atoms with Crippen molar-refractivity contribution in [2.75, 3.05) is 0 Å². The molecule has 1 aromatic heterocycles. The molecule has 1 heterocycles. The smallest absolute Gasteiger partial charge is 0.0537 e. The molecule has 1 aliphatic carbocycles. The molecule has 102 valence electrons. The third-order valence-electron chi connectivity index (χ3n) is 4.63. The van der Waals surface area contributed by atoms with Crippen LogP contribution in [0.15, 0.2) is 6.20 Å². The van der Waals surface area contributed by atoms with Gasteiger partial charge >= 0.3 is 0 Å². The molecule has 0 amide bonds. The number of nitrogens with zero attached hydrogens (tertiary/aromatic N) is 2. The molecule has 1 saturated carbocycles. The van der Waals surface area contributed by atoms with Gasteiger partial charge in [-0.15, -0.1) is 0 Å². The molecule has 1 fully saturated rings. The van der Waals surface area contributed by atoms with E-state index in [1.165, 1.54) is 36.9 Å². The van der Waals surface area contributed by atoms with Gasteiger partial charge in [0.15, 0.2) is 0 Å². The summed E-state index contributed by atoms with van der Waals surface area (Å²) in [7, 11) is 2.01. The Morgan fingerprint density at radius 2 is 2.00 bits per heavy atom. The molecule has 0 radical (unpaired) electrons. The Bertz CT molecular complexity index is 373. The summed E-state index contributed by atoms with van der Waals surface area (Å²) < 4.78 is 1.95. The Labute approximate surface area is 111 Å². The van der Waals surface area contributed by atoms with E-state index < -0.39 is 0 Å². The van der Waals surface area contributed by atoms with Crippen molar-refractivity contribution < 1.29 is 0 Å². The maximum Gasteiger partial charge on any atom is 0.0537 e. The summed E-state index contributed by atoms with van der Waals surface area (Å²) in [5.74, 6) is 1.80. The summed E-state index contributed by atoms with van der Waals surface area (Å²) in [6.07, 6.45) is 7.44. The Morgan fingerprint density at radius 1 is 1.33 bits per heavy atom. The van der Waals surface area contributed by atoms with E-state index in [2.05, 4.69) is 31.2 Å². The number of hydrogen-bond donors (Lipinski definition) is 1. The minimum absolute atomic E-state index is 0.708. The monoisotopic (exact) mass is 249 g/mol. The van der Waals surface area contributed by atoms with E-state index in [1.807, 2.05) is 17.9 Å². The fourth-order valence-electron chi connectivity index (χ4n) is 2.96. The molecule has 2 rings (SSSR count). The van der Waals surface area contributed by atoms with Crippen molar-refractivity contribution >= 4 is 0 Å². The van der Waals surface area contributed by atoms with E-state index in [-0.39, 0.29) is 0 Å². The molecular formula is C15H27N3. The number of nitrogens with one attached hydrogen (secondary N) is 1. The van der Waals surface area contributed by atoms with Crippen LogP contribution in [0.2, 0.25) is 0 Å². The van der Waals surface area contributed by atoms with Crippen LogP contribution in [0.5, 0.6) is 0 Å². The minimum Gasteiger partial charge on any atom is -0.310 e. The van der Waals surface area contributed by atoms with E-state index in [4.69, 9.17) is 0 Å². The zero-order chi connectivity index (χ0) is 13.1. The van der Waals surface area contributed by atoms with Gasteiger partial charge in [-0.1, -0.05) is 13.8 Å². The third-order valence-corrected chi connectivity index (χ3v) is 4.63. The van der Waals surface area contributed by atoms with Crippen molar-refractivity contribution in [3.63, 3.8) is 0 Å². The van der Waals surface area contributed by atoms with Gasteiger partial charge < -0.3 is 5.32 Å². The normalized spacial score (nSPS) is 24.7. The summed E-state index contributed by atoms with van der Waals surface area (Å²) in [5.41, 5.74) is 2.61. The van der Waals surface area contributed by atoms with Crippen molar-refractivity contribution in [2.45, 2.75) is 59.0 Å². The van der Waals surface area contributed by atoms with E-state index >= 15 is 0 Å². The summed E-state index contributed by atoms with van der Waals surface area (Å²) in [4.78, 5) is 0. The van der Waals surface area contributed by atoms with Crippen molar-refractivity contribution in [3.8, 4) is 0 Å². The van der Waals surface area contributed by atoms with Crippen LogP contribution in [0.1, 0.15) is 50.8 Å². The van der Waals surface area contributed by atoms with Gasteiger partial charge in [0.2, 0.25) is 0 Å². The maximum atomic E-state index is 4.29. The molecule has 0 unspecified atom stereocenters. The molecule has 1 aliphatic rings. The Morgan fingerprint density at radius 3 is 2.50 bits per heavy atom. The van der Waals surface area contributed by atoms with Crippen molar-refractivity contribution in [1.82, 2.24) is 15.1 Å². The Hall–Kier alpha value is -0.830. The largest absolute Gasteiger partial charge is 0.310 e. The highest BCUT2D eigenvalue weighted by atomic mass is 15.3. The van der Waals surface area contributed by atoms with E-state index in [1.54, 1.807) is 0 Å². The summed E-state index contributed by atoms with van der Waals surface area (Å²) >= 11 is 0.